The summed E-state index contributed by atoms with van der Waals surface area (Å²) < 4.78 is 0. The molecule has 184 valence electrons. The van der Waals surface area contributed by atoms with Crippen LogP contribution in [-0.2, 0) is 19.4 Å². The molecule has 0 amide bonds. The smallest absolute Gasteiger partial charge is 0.116 e. The first-order valence-electron chi connectivity index (χ1n) is 13.3. The Morgan fingerprint density at radius 1 is 0.892 bits per heavy atom. The van der Waals surface area contributed by atoms with Crippen LogP contribution in [-0.4, -0.2) is 57.2 Å². The van der Waals surface area contributed by atoms with E-state index in [0.717, 1.165) is 60.5 Å². The van der Waals surface area contributed by atoms with Crippen LogP contribution in [0.25, 0.3) is 33.2 Å². The Balaban J connectivity index is 1.07. The maximum absolute atomic E-state index is 9.20. The summed E-state index contributed by atoms with van der Waals surface area (Å²) in [6.07, 6.45) is 3.69. The van der Waals surface area contributed by atoms with Crippen molar-refractivity contribution in [3.63, 3.8) is 0 Å². The third-order valence-electron chi connectivity index (χ3n) is 8.34. The minimum Gasteiger partial charge on any atom is -0.353 e. The number of hydrogen-bond donors (Lipinski definition) is 2. The SMILES string of the molecule is N#Cc1ccc2c(-c3cc4c(CN5CCN(C6CCc7ccccc7C6)CC5)cccc4[nH]3)n[nH]c2c1. The highest BCUT2D eigenvalue weighted by Crippen LogP contribution is 2.31. The number of nitrogens with zero attached hydrogens (tertiary/aromatic N) is 4. The maximum Gasteiger partial charge on any atom is 0.116 e. The molecule has 1 fully saturated rings. The molecule has 3 aromatic carbocycles. The van der Waals surface area contributed by atoms with Crippen molar-refractivity contribution in [1.82, 2.24) is 25.0 Å². The number of aryl methyl sites for hydroxylation is 1. The Labute approximate surface area is 216 Å². The lowest BCUT2D eigenvalue weighted by molar-refractivity contribution is 0.0859. The van der Waals surface area contributed by atoms with Crippen LogP contribution in [0, 0.1) is 11.3 Å². The Morgan fingerprint density at radius 2 is 1.76 bits per heavy atom. The van der Waals surface area contributed by atoms with Crippen LogP contribution in [0.5, 0.6) is 0 Å². The largest absolute Gasteiger partial charge is 0.353 e. The molecular weight excluding hydrogens is 456 g/mol. The van der Waals surface area contributed by atoms with E-state index in [1.54, 1.807) is 11.1 Å². The molecule has 0 saturated carbocycles. The van der Waals surface area contributed by atoms with Crippen LogP contribution in [0.2, 0.25) is 0 Å². The lowest BCUT2D eigenvalue weighted by Gasteiger charge is -2.41. The average Bonchev–Trinajstić information content (AvgIpc) is 3.57. The van der Waals surface area contributed by atoms with Crippen molar-refractivity contribution in [2.75, 3.05) is 26.2 Å². The number of H-pyrrole nitrogens is 2. The fraction of sp³-hybridized carbons (Fsp3) is 0.290. The van der Waals surface area contributed by atoms with Crippen molar-refractivity contribution in [3.8, 4) is 17.5 Å². The summed E-state index contributed by atoms with van der Waals surface area (Å²) in [4.78, 5) is 8.90. The van der Waals surface area contributed by atoms with Crippen LogP contribution < -0.4 is 0 Å². The molecule has 1 unspecified atom stereocenters. The number of benzene rings is 3. The minimum atomic E-state index is 0.634. The first-order chi connectivity index (χ1) is 18.2. The number of nitrogens with one attached hydrogen (secondary N) is 2. The normalized spacial score (nSPS) is 18.7. The molecule has 0 bridgehead atoms. The van der Waals surface area contributed by atoms with Gasteiger partial charge in [0.05, 0.1) is 22.8 Å². The zero-order valence-corrected chi connectivity index (χ0v) is 20.9. The summed E-state index contributed by atoms with van der Waals surface area (Å²) in [5.74, 6) is 0. The molecule has 0 radical (unpaired) electrons. The number of nitriles is 1. The third kappa shape index (κ3) is 4.11. The molecule has 2 N–H and O–H groups in total. The number of rotatable bonds is 4. The van der Waals surface area contributed by atoms with Crippen LogP contribution in [0.3, 0.4) is 0 Å². The van der Waals surface area contributed by atoms with Gasteiger partial charge in [-0.2, -0.15) is 10.4 Å². The topological polar surface area (TPSA) is 74.7 Å². The number of fused-ring (bicyclic) bond motifs is 3. The summed E-state index contributed by atoms with van der Waals surface area (Å²) in [5.41, 5.74) is 8.99. The summed E-state index contributed by atoms with van der Waals surface area (Å²) in [5, 5.41) is 19.1. The summed E-state index contributed by atoms with van der Waals surface area (Å²) in [7, 11) is 0. The summed E-state index contributed by atoms with van der Waals surface area (Å²) in [6.45, 7) is 5.47. The molecular formula is C31H30N6. The Bertz CT molecular complexity index is 1630. The predicted molar refractivity (Wildman–Crippen MR) is 147 cm³/mol. The number of aromatic amines is 2. The summed E-state index contributed by atoms with van der Waals surface area (Å²) in [6, 6.07) is 26.3. The van der Waals surface area contributed by atoms with E-state index in [2.05, 4.69) is 79.6 Å². The van der Waals surface area contributed by atoms with E-state index in [1.807, 2.05) is 18.2 Å². The highest BCUT2D eigenvalue weighted by molar-refractivity contribution is 5.96. The summed E-state index contributed by atoms with van der Waals surface area (Å²) >= 11 is 0. The fourth-order valence-electron chi connectivity index (χ4n) is 6.30. The lowest BCUT2D eigenvalue weighted by Crippen LogP contribution is -2.51. The van der Waals surface area contributed by atoms with Crippen LogP contribution >= 0.6 is 0 Å². The second-order valence-corrected chi connectivity index (χ2v) is 10.5. The van der Waals surface area contributed by atoms with Gasteiger partial charge in [-0.1, -0.05) is 36.4 Å². The standard InChI is InChI=1S/C31H30N6/c32-19-21-8-11-26-29(16-21)34-35-31(26)30-18-27-24(6-3-7-28(27)33-30)20-36-12-14-37(15-13-36)25-10-9-22-4-1-2-5-23(22)17-25/h1-8,11,16,18,25,33H,9-10,12-15,17,20H2,(H,34,35). The predicted octanol–water partition coefficient (Wildman–Crippen LogP) is 5.26. The molecule has 1 aliphatic carbocycles. The van der Waals surface area contributed by atoms with Gasteiger partial charge in [0.2, 0.25) is 0 Å². The van der Waals surface area contributed by atoms with Crippen molar-refractivity contribution in [1.29, 1.82) is 5.26 Å². The lowest BCUT2D eigenvalue weighted by atomic mass is 9.87. The third-order valence-corrected chi connectivity index (χ3v) is 8.34. The average molecular weight is 487 g/mol. The van der Waals surface area contributed by atoms with E-state index in [9.17, 15) is 5.26 Å². The van der Waals surface area contributed by atoms with E-state index in [4.69, 9.17) is 0 Å². The zero-order valence-electron chi connectivity index (χ0n) is 20.9. The molecule has 2 aromatic heterocycles. The highest BCUT2D eigenvalue weighted by atomic mass is 15.3. The van der Waals surface area contributed by atoms with E-state index in [-0.39, 0.29) is 0 Å². The number of piperazine rings is 1. The Morgan fingerprint density at radius 3 is 2.62 bits per heavy atom. The quantitative estimate of drug-likeness (QED) is 0.364. The molecule has 3 heterocycles. The molecule has 5 aromatic rings. The van der Waals surface area contributed by atoms with Gasteiger partial charge in [-0.15, -0.1) is 0 Å². The van der Waals surface area contributed by atoms with Crippen LogP contribution in [0.15, 0.2) is 66.7 Å². The van der Waals surface area contributed by atoms with Crippen LogP contribution in [0.1, 0.15) is 28.7 Å². The number of hydrogen-bond acceptors (Lipinski definition) is 4. The first-order valence-corrected chi connectivity index (χ1v) is 13.3. The van der Waals surface area contributed by atoms with Crippen molar-refractivity contribution < 1.29 is 0 Å². The van der Waals surface area contributed by atoms with E-state index < -0.39 is 0 Å². The minimum absolute atomic E-state index is 0.634. The van der Waals surface area contributed by atoms with E-state index >= 15 is 0 Å². The zero-order chi connectivity index (χ0) is 24.8. The van der Waals surface area contributed by atoms with Gasteiger partial charge in [-0.3, -0.25) is 14.9 Å². The van der Waals surface area contributed by atoms with Crippen molar-refractivity contribution in [3.05, 3.63) is 89.0 Å². The first kappa shape index (κ1) is 22.3. The van der Waals surface area contributed by atoms with Crippen LogP contribution in [0.4, 0.5) is 0 Å². The van der Waals surface area contributed by atoms with Crippen molar-refractivity contribution >= 4 is 21.8 Å². The Hall–Kier alpha value is -3.92. The molecule has 0 spiro atoms. The molecule has 6 nitrogen and oxygen atoms in total. The molecule has 37 heavy (non-hydrogen) atoms. The van der Waals surface area contributed by atoms with Gasteiger partial charge in [0, 0.05) is 55.1 Å². The van der Waals surface area contributed by atoms with Gasteiger partial charge in [0.15, 0.2) is 0 Å². The monoisotopic (exact) mass is 486 g/mol. The van der Waals surface area contributed by atoms with Gasteiger partial charge in [0.25, 0.3) is 0 Å². The molecule has 1 aliphatic heterocycles. The second kappa shape index (κ2) is 9.19. The van der Waals surface area contributed by atoms with Gasteiger partial charge < -0.3 is 4.98 Å². The van der Waals surface area contributed by atoms with Gasteiger partial charge >= 0.3 is 0 Å². The molecule has 1 atom stereocenters. The molecule has 1 saturated heterocycles. The highest BCUT2D eigenvalue weighted by Gasteiger charge is 2.27. The van der Waals surface area contributed by atoms with Gasteiger partial charge in [0.1, 0.15) is 5.69 Å². The van der Waals surface area contributed by atoms with Crippen molar-refractivity contribution in [2.24, 2.45) is 0 Å². The van der Waals surface area contributed by atoms with E-state index in [0.29, 0.717) is 11.6 Å². The Kier molecular flexibility index (Phi) is 5.53. The second-order valence-electron chi connectivity index (χ2n) is 10.5. The molecule has 6 heteroatoms. The van der Waals surface area contributed by atoms with Gasteiger partial charge in [-0.05, 0) is 66.3 Å². The fourth-order valence-corrected chi connectivity index (χ4v) is 6.30. The van der Waals surface area contributed by atoms with Crippen molar-refractivity contribution in [2.45, 2.75) is 31.8 Å². The maximum atomic E-state index is 9.20. The number of aromatic nitrogens is 3. The molecule has 7 rings (SSSR count). The van der Waals surface area contributed by atoms with Gasteiger partial charge in [-0.25, -0.2) is 0 Å². The van der Waals surface area contributed by atoms with E-state index in [1.165, 1.54) is 30.2 Å². The molecule has 2 aliphatic rings.